The summed E-state index contributed by atoms with van der Waals surface area (Å²) in [5, 5.41) is 10.2. The van der Waals surface area contributed by atoms with E-state index in [0.717, 1.165) is 0 Å². The standard InChI is InChI=1S/C9H9N3S/c1-3-4-5-8(2)11-12-9-10-6-7-13-9/h3-7H,1-2H2/b5-4-,12-11?. The lowest BCUT2D eigenvalue weighted by molar-refractivity contribution is 1.15. The molecule has 3 nitrogen and oxygen atoms in total. The van der Waals surface area contributed by atoms with Crippen molar-refractivity contribution in [2.24, 2.45) is 10.2 Å². The zero-order chi connectivity index (χ0) is 9.52. The molecule has 0 aliphatic rings. The topological polar surface area (TPSA) is 37.6 Å². The predicted molar refractivity (Wildman–Crippen MR) is 55.1 cm³/mol. The summed E-state index contributed by atoms with van der Waals surface area (Å²) >= 11 is 1.43. The van der Waals surface area contributed by atoms with Gasteiger partial charge in [0, 0.05) is 11.6 Å². The second-order valence-corrected chi connectivity index (χ2v) is 2.97. The minimum Gasteiger partial charge on any atom is -0.226 e. The van der Waals surface area contributed by atoms with E-state index in [1.54, 1.807) is 24.4 Å². The van der Waals surface area contributed by atoms with E-state index in [4.69, 9.17) is 0 Å². The smallest absolute Gasteiger partial charge is 0.226 e. The lowest BCUT2D eigenvalue weighted by Crippen LogP contribution is -1.64. The third kappa shape index (κ3) is 3.57. The van der Waals surface area contributed by atoms with Gasteiger partial charge in [0.2, 0.25) is 5.13 Å². The second-order valence-electron chi connectivity index (χ2n) is 2.10. The summed E-state index contributed by atoms with van der Waals surface area (Å²) < 4.78 is 0. The lowest BCUT2D eigenvalue weighted by atomic mass is 10.4. The molecule has 0 unspecified atom stereocenters. The number of hydrogen-bond acceptors (Lipinski definition) is 4. The van der Waals surface area contributed by atoms with Gasteiger partial charge >= 0.3 is 0 Å². The first-order valence-corrected chi connectivity index (χ1v) is 4.50. The summed E-state index contributed by atoms with van der Waals surface area (Å²) in [6, 6.07) is 0. The van der Waals surface area contributed by atoms with Gasteiger partial charge in [-0.1, -0.05) is 25.3 Å². The predicted octanol–water partition coefficient (Wildman–Crippen LogP) is 3.48. The van der Waals surface area contributed by atoms with E-state index in [2.05, 4.69) is 28.4 Å². The number of nitrogens with zero attached hydrogens (tertiary/aromatic N) is 3. The average Bonchev–Trinajstić information content (AvgIpc) is 2.64. The third-order valence-electron chi connectivity index (χ3n) is 1.11. The van der Waals surface area contributed by atoms with Gasteiger partial charge in [-0.05, 0) is 6.08 Å². The molecule has 0 radical (unpaired) electrons. The molecule has 0 aliphatic heterocycles. The van der Waals surface area contributed by atoms with Crippen molar-refractivity contribution >= 4 is 16.5 Å². The first-order valence-electron chi connectivity index (χ1n) is 3.62. The molecule has 1 rings (SSSR count). The summed E-state index contributed by atoms with van der Waals surface area (Å²) in [6.45, 7) is 7.21. The molecule has 0 N–H and O–H groups in total. The quantitative estimate of drug-likeness (QED) is 0.530. The van der Waals surface area contributed by atoms with Gasteiger partial charge < -0.3 is 0 Å². The zero-order valence-electron chi connectivity index (χ0n) is 7.05. The maximum absolute atomic E-state index is 3.94. The minimum atomic E-state index is 0.579. The molecule has 0 bridgehead atoms. The van der Waals surface area contributed by atoms with Crippen molar-refractivity contribution in [2.75, 3.05) is 0 Å². The van der Waals surface area contributed by atoms with Gasteiger partial charge in [-0.15, -0.1) is 21.6 Å². The Morgan fingerprint density at radius 1 is 1.62 bits per heavy atom. The van der Waals surface area contributed by atoms with E-state index in [1.165, 1.54) is 11.3 Å². The molecule has 0 aliphatic carbocycles. The van der Waals surface area contributed by atoms with Crippen molar-refractivity contribution in [3.8, 4) is 0 Å². The normalized spacial score (nSPS) is 11.1. The van der Waals surface area contributed by atoms with Crippen LogP contribution in [0.1, 0.15) is 0 Å². The molecule has 0 atom stereocenters. The van der Waals surface area contributed by atoms with Crippen LogP contribution in [0.3, 0.4) is 0 Å². The maximum atomic E-state index is 3.94. The zero-order valence-corrected chi connectivity index (χ0v) is 7.87. The fourth-order valence-corrected chi connectivity index (χ4v) is 1.04. The van der Waals surface area contributed by atoms with Crippen LogP contribution in [0.25, 0.3) is 0 Å². The number of thiazole rings is 1. The van der Waals surface area contributed by atoms with Gasteiger partial charge in [-0.3, -0.25) is 0 Å². The highest BCUT2D eigenvalue weighted by atomic mass is 32.1. The molecule has 13 heavy (non-hydrogen) atoms. The lowest BCUT2D eigenvalue weighted by Gasteiger charge is -1.84. The van der Waals surface area contributed by atoms with Crippen LogP contribution in [-0.2, 0) is 0 Å². The van der Waals surface area contributed by atoms with Gasteiger partial charge in [-0.25, -0.2) is 4.98 Å². The van der Waals surface area contributed by atoms with Crippen LogP contribution < -0.4 is 0 Å². The van der Waals surface area contributed by atoms with Crippen molar-refractivity contribution in [2.45, 2.75) is 0 Å². The van der Waals surface area contributed by atoms with Crippen LogP contribution in [0, 0.1) is 0 Å². The van der Waals surface area contributed by atoms with Crippen LogP contribution in [0.5, 0.6) is 0 Å². The fourth-order valence-electron chi connectivity index (χ4n) is 0.585. The first kappa shape index (κ1) is 9.54. The van der Waals surface area contributed by atoms with E-state index in [9.17, 15) is 0 Å². The molecular formula is C9H9N3S. The number of allylic oxidation sites excluding steroid dienone is 3. The van der Waals surface area contributed by atoms with Gasteiger partial charge in [-0.2, -0.15) is 0 Å². The Hall–Kier alpha value is -1.55. The Morgan fingerprint density at radius 3 is 3.08 bits per heavy atom. The number of hydrogen-bond donors (Lipinski definition) is 0. The van der Waals surface area contributed by atoms with Crippen molar-refractivity contribution in [1.29, 1.82) is 0 Å². The molecule has 0 amide bonds. The van der Waals surface area contributed by atoms with Crippen LogP contribution in [0.15, 0.2) is 58.9 Å². The average molecular weight is 191 g/mol. The van der Waals surface area contributed by atoms with Crippen LogP contribution in [-0.4, -0.2) is 4.98 Å². The molecule has 66 valence electrons. The van der Waals surface area contributed by atoms with Gasteiger partial charge in [0.15, 0.2) is 0 Å². The number of rotatable bonds is 4. The monoisotopic (exact) mass is 191 g/mol. The van der Waals surface area contributed by atoms with Gasteiger partial charge in [0.1, 0.15) is 0 Å². The summed E-state index contributed by atoms with van der Waals surface area (Å²) in [5.41, 5.74) is 0.579. The molecule has 4 heteroatoms. The third-order valence-corrected chi connectivity index (χ3v) is 1.76. The summed E-state index contributed by atoms with van der Waals surface area (Å²) in [4.78, 5) is 3.94. The molecule has 0 aromatic carbocycles. The van der Waals surface area contributed by atoms with E-state index in [0.29, 0.717) is 10.8 Å². The van der Waals surface area contributed by atoms with Crippen molar-refractivity contribution in [3.63, 3.8) is 0 Å². The molecule has 1 heterocycles. The summed E-state index contributed by atoms with van der Waals surface area (Å²) in [6.07, 6.45) is 6.82. The summed E-state index contributed by atoms with van der Waals surface area (Å²) in [7, 11) is 0. The molecule has 1 aromatic heterocycles. The SMILES string of the molecule is C=C/C=C\C(=C)N=Nc1nccs1. The molecule has 0 saturated carbocycles. The highest BCUT2D eigenvalue weighted by Gasteiger charge is 1.88. The van der Waals surface area contributed by atoms with Crippen molar-refractivity contribution < 1.29 is 0 Å². The Bertz CT molecular complexity index is 336. The van der Waals surface area contributed by atoms with Gasteiger partial charge in [0.25, 0.3) is 0 Å². The first-order chi connectivity index (χ1) is 6.33. The van der Waals surface area contributed by atoms with Crippen LogP contribution >= 0.6 is 11.3 Å². The molecule has 0 spiro atoms. The van der Waals surface area contributed by atoms with Crippen molar-refractivity contribution in [3.05, 3.63) is 48.7 Å². The molecular weight excluding hydrogens is 182 g/mol. The fraction of sp³-hybridized carbons (Fsp3) is 0. The van der Waals surface area contributed by atoms with Gasteiger partial charge in [0.05, 0.1) is 5.70 Å². The number of azo groups is 1. The van der Waals surface area contributed by atoms with E-state index < -0.39 is 0 Å². The highest BCUT2D eigenvalue weighted by Crippen LogP contribution is 2.15. The second kappa shape index (κ2) is 5.16. The van der Waals surface area contributed by atoms with E-state index >= 15 is 0 Å². The molecule has 0 saturated heterocycles. The Labute approximate surface area is 80.9 Å². The van der Waals surface area contributed by atoms with Crippen LogP contribution in [0.4, 0.5) is 5.13 Å². The summed E-state index contributed by atoms with van der Waals surface area (Å²) in [5.74, 6) is 0. The minimum absolute atomic E-state index is 0.579. The molecule has 1 aromatic rings. The van der Waals surface area contributed by atoms with E-state index in [1.807, 2.05) is 5.38 Å². The highest BCUT2D eigenvalue weighted by molar-refractivity contribution is 7.13. The Morgan fingerprint density at radius 2 is 2.46 bits per heavy atom. The van der Waals surface area contributed by atoms with E-state index in [-0.39, 0.29) is 0 Å². The Balaban J connectivity index is 2.54. The number of aromatic nitrogens is 1. The largest absolute Gasteiger partial charge is 0.229 e. The molecule has 0 fully saturated rings. The Kier molecular flexibility index (Phi) is 3.78. The van der Waals surface area contributed by atoms with Crippen molar-refractivity contribution in [1.82, 2.24) is 4.98 Å². The van der Waals surface area contributed by atoms with Crippen LogP contribution in [0.2, 0.25) is 0 Å². The maximum Gasteiger partial charge on any atom is 0.229 e.